The minimum absolute atomic E-state index is 0.220. The third-order valence-corrected chi connectivity index (χ3v) is 2.55. The number of hydrogen-bond acceptors (Lipinski definition) is 5. The molecule has 1 aromatic carbocycles. The number of ether oxygens (including phenoxy) is 1. The van der Waals surface area contributed by atoms with Crippen molar-refractivity contribution >= 4 is 11.9 Å². The summed E-state index contributed by atoms with van der Waals surface area (Å²) in [6.45, 7) is 1.10. The number of aliphatic carboxylic acids is 2. The van der Waals surface area contributed by atoms with Crippen LogP contribution in [0.2, 0.25) is 0 Å². The number of nitrogens with one attached hydrogen (secondary N) is 1. The van der Waals surface area contributed by atoms with Gasteiger partial charge in [-0.1, -0.05) is 12.1 Å². The second kappa shape index (κ2) is 9.33. The molecule has 10 heteroatoms. The van der Waals surface area contributed by atoms with Gasteiger partial charge in [0.15, 0.2) is 0 Å². The molecule has 7 nitrogen and oxygen atoms in total. The third-order valence-electron chi connectivity index (χ3n) is 2.55. The Labute approximate surface area is 139 Å². The van der Waals surface area contributed by atoms with Crippen LogP contribution in [0.15, 0.2) is 47.1 Å². The van der Waals surface area contributed by atoms with Crippen molar-refractivity contribution in [2.75, 3.05) is 0 Å². The first-order valence-corrected chi connectivity index (χ1v) is 6.71. The van der Waals surface area contributed by atoms with E-state index in [1.807, 2.05) is 6.07 Å². The van der Waals surface area contributed by atoms with Gasteiger partial charge in [-0.2, -0.15) is 0 Å². The van der Waals surface area contributed by atoms with E-state index in [2.05, 4.69) is 10.1 Å². The van der Waals surface area contributed by atoms with E-state index in [0.29, 0.717) is 13.1 Å². The summed E-state index contributed by atoms with van der Waals surface area (Å²) >= 11 is 0. The topological polar surface area (TPSA) is 109 Å². The molecule has 0 fully saturated rings. The van der Waals surface area contributed by atoms with E-state index in [-0.39, 0.29) is 5.75 Å². The molecule has 1 heterocycles. The highest BCUT2D eigenvalue weighted by Gasteiger charge is 2.30. The highest BCUT2D eigenvalue weighted by Crippen LogP contribution is 2.22. The Morgan fingerprint density at radius 1 is 1.04 bits per heavy atom. The predicted molar refractivity (Wildman–Crippen MR) is 77.6 cm³/mol. The van der Waals surface area contributed by atoms with E-state index < -0.39 is 18.3 Å². The van der Waals surface area contributed by atoms with E-state index >= 15 is 0 Å². The Bertz CT molecular complexity index is 656. The first-order valence-electron chi connectivity index (χ1n) is 6.71. The smallest absolute Gasteiger partial charge is 0.473 e. The van der Waals surface area contributed by atoms with Gasteiger partial charge in [0.25, 0.3) is 0 Å². The Morgan fingerprint density at radius 3 is 2.08 bits per heavy atom. The van der Waals surface area contributed by atoms with Gasteiger partial charge in [-0.05, 0) is 29.8 Å². The maximum absolute atomic E-state index is 12.0. The van der Waals surface area contributed by atoms with E-state index in [1.54, 1.807) is 24.5 Å². The molecule has 0 amide bonds. The molecule has 0 atom stereocenters. The lowest BCUT2D eigenvalue weighted by atomic mass is 10.2. The molecule has 2 rings (SSSR count). The zero-order chi connectivity index (χ0) is 18.9. The first kappa shape index (κ1) is 20.0. The van der Waals surface area contributed by atoms with Crippen LogP contribution in [0.25, 0.3) is 0 Å². The fourth-order valence-corrected chi connectivity index (χ4v) is 1.55. The van der Waals surface area contributed by atoms with Crippen molar-refractivity contribution in [1.29, 1.82) is 0 Å². The molecule has 0 radical (unpaired) electrons. The van der Waals surface area contributed by atoms with Crippen LogP contribution >= 0.6 is 0 Å². The highest BCUT2D eigenvalue weighted by atomic mass is 19.4. The lowest BCUT2D eigenvalue weighted by Crippen LogP contribution is -2.17. The van der Waals surface area contributed by atoms with Crippen LogP contribution in [0, 0.1) is 0 Å². The van der Waals surface area contributed by atoms with Crippen molar-refractivity contribution in [3.8, 4) is 5.75 Å². The lowest BCUT2D eigenvalue weighted by molar-refractivity contribution is -0.274. The standard InChI is InChI=1S/C13H12F3NO2.C2H2O4/c14-13(15,16)19-11-5-3-10(4-6-11)8-17-9-12-2-1-7-18-12;3-1(4)2(5)6/h1-7,17H,8-9H2;(H,3,4)(H,5,6). The second-order valence-corrected chi connectivity index (χ2v) is 4.48. The quantitative estimate of drug-likeness (QED) is 0.703. The zero-order valence-electron chi connectivity index (χ0n) is 12.6. The Balaban J connectivity index is 0.000000450. The summed E-state index contributed by atoms with van der Waals surface area (Å²) in [5.41, 5.74) is 0.862. The minimum atomic E-state index is -4.65. The zero-order valence-corrected chi connectivity index (χ0v) is 12.6. The molecule has 0 aliphatic carbocycles. The van der Waals surface area contributed by atoms with Crippen LogP contribution in [0.5, 0.6) is 5.75 Å². The summed E-state index contributed by atoms with van der Waals surface area (Å²) in [6.07, 6.45) is -3.07. The van der Waals surface area contributed by atoms with Crippen molar-refractivity contribution < 1.29 is 42.1 Å². The van der Waals surface area contributed by atoms with Gasteiger partial charge in [-0.15, -0.1) is 13.2 Å². The SMILES string of the molecule is FC(F)(F)Oc1ccc(CNCc2ccco2)cc1.O=C(O)C(=O)O. The van der Waals surface area contributed by atoms with Crippen molar-refractivity contribution in [3.05, 3.63) is 54.0 Å². The molecule has 0 bridgehead atoms. The van der Waals surface area contributed by atoms with Crippen molar-refractivity contribution in [2.45, 2.75) is 19.5 Å². The summed E-state index contributed by atoms with van der Waals surface area (Å²) in [5.74, 6) is -3.07. The number of carbonyl (C=O) groups is 2. The fraction of sp³-hybridized carbons (Fsp3) is 0.200. The minimum Gasteiger partial charge on any atom is -0.473 e. The number of benzene rings is 1. The van der Waals surface area contributed by atoms with Crippen LogP contribution in [-0.4, -0.2) is 28.5 Å². The summed E-state index contributed by atoms with van der Waals surface area (Å²) in [7, 11) is 0. The van der Waals surface area contributed by atoms with Gasteiger partial charge >= 0.3 is 18.3 Å². The van der Waals surface area contributed by atoms with Crippen molar-refractivity contribution in [2.24, 2.45) is 0 Å². The molecular formula is C15H14F3NO6. The Morgan fingerprint density at radius 2 is 1.64 bits per heavy atom. The van der Waals surface area contributed by atoms with Gasteiger partial charge < -0.3 is 24.7 Å². The summed E-state index contributed by atoms with van der Waals surface area (Å²) in [4.78, 5) is 18.2. The molecule has 0 spiro atoms. The number of carboxylic acid groups (broad SMARTS) is 2. The number of carboxylic acids is 2. The molecule has 0 unspecified atom stereocenters. The average molecular weight is 361 g/mol. The molecule has 0 aliphatic heterocycles. The van der Waals surface area contributed by atoms with Crippen LogP contribution < -0.4 is 10.1 Å². The highest BCUT2D eigenvalue weighted by molar-refractivity contribution is 6.27. The van der Waals surface area contributed by atoms with Crippen molar-refractivity contribution in [1.82, 2.24) is 5.32 Å². The molecule has 25 heavy (non-hydrogen) atoms. The average Bonchev–Trinajstić information content (AvgIpc) is 3.01. The molecule has 0 saturated heterocycles. The molecule has 3 N–H and O–H groups in total. The molecule has 2 aromatic rings. The maximum Gasteiger partial charge on any atom is 0.573 e. The normalized spacial score (nSPS) is 10.5. The number of furan rings is 1. The Kier molecular flexibility index (Phi) is 7.47. The largest absolute Gasteiger partial charge is 0.573 e. The lowest BCUT2D eigenvalue weighted by Gasteiger charge is -2.09. The van der Waals surface area contributed by atoms with Crippen LogP contribution in [0.4, 0.5) is 13.2 Å². The summed E-state index contributed by atoms with van der Waals surface area (Å²) in [6, 6.07) is 9.37. The summed E-state index contributed by atoms with van der Waals surface area (Å²) < 4.78 is 44.8. The second-order valence-electron chi connectivity index (χ2n) is 4.48. The van der Waals surface area contributed by atoms with Crippen molar-refractivity contribution in [3.63, 3.8) is 0 Å². The molecule has 0 aliphatic rings. The predicted octanol–water partition coefficient (Wildman–Crippen LogP) is 2.62. The molecule has 0 saturated carbocycles. The maximum atomic E-state index is 12.0. The van der Waals surface area contributed by atoms with Gasteiger partial charge in [0.2, 0.25) is 0 Å². The van der Waals surface area contributed by atoms with Crippen LogP contribution in [0.3, 0.4) is 0 Å². The molecule has 1 aromatic heterocycles. The summed E-state index contributed by atoms with van der Waals surface area (Å²) in [5, 5.41) is 17.9. The van der Waals surface area contributed by atoms with E-state index in [9.17, 15) is 13.2 Å². The van der Waals surface area contributed by atoms with Gasteiger partial charge in [0.05, 0.1) is 12.8 Å². The van der Waals surface area contributed by atoms with E-state index in [4.69, 9.17) is 24.2 Å². The van der Waals surface area contributed by atoms with Crippen LogP contribution in [-0.2, 0) is 22.7 Å². The van der Waals surface area contributed by atoms with Gasteiger partial charge in [-0.25, -0.2) is 9.59 Å². The molecule has 136 valence electrons. The number of rotatable bonds is 5. The third kappa shape index (κ3) is 9.01. The molecular weight excluding hydrogens is 347 g/mol. The van der Waals surface area contributed by atoms with E-state index in [0.717, 1.165) is 11.3 Å². The number of hydrogen-bond donors (Lipinski definition) is 3. The first-order chi connectivity index (χ1) is 11.7. The van der Waals surface area contributed by atoms with Gasteiger partial charge in [0, 0.05) is 6.54 Å². The number of alkyl halides is 3. The fourth-order valence-electron chi connectivity index (χ4n) is 1.55. The van der Waals surface area contributed by atoms with E-state index in [1.165, 1.54) is 12.1 Å². The number of halogens is 3. The van der Waals surface area contributed by atoms with Gasteiger partial charge in [-0.3, -0.25) is 0 Å². The van der Waals surface area contributed by atoms with Gasteiger partial charge in [0.1, 0.15) is 11.5 Å². The van der Waals surface area contributed by atoms with Crippen LogP contribution in [0.1, 0.15) is 11.3 Å². The monoisotopic (exact) mass is 361 g/mol. The Hall–Kier alpha value is -3.01.